The first-order valence-electron chi connectivity index (χ1n) is 10.3. The van der Waals surface area contributed by atoms with Crippen LogP contribution in [0.4, 0.5) is 5.69 Å². The summed E-state index contributed by atoms with van der Waals surface area (Å²) < 4.78 is 15.9. The van der Waals surface area contributed by atoms with Gasteiger partial charge in [0.2, 0.25) is 0 Å². The van der Waals surface area contributed by atoms with Gasteiger partial charge in [-0.05, 0) is 54.8 Å². The van der Waals surface area contributed by atoms with E-state index < -0.39 is 0 Å². The number of anilines is 1. The number of carbonyl (C=O) groups excluding carboxylic acids is 2. The van der Waals surface area contributed by atoms with Crippen molar-refractivity contribution in [2.45, 2.75) is 19.8 Å². The molecule has 0 bridgehead atoms. The fourth-order valence-corrected chi connectivity index (χ4v) is 3.29. The first-order valence-corrected chi connectivity index (χ1v) is 10.3. The third-order valence-electron chi connectivity index (χ3n) is 4.87. The van der Waals surface area contributed by atoms with E-state index >= 15 is 0 Å². The van der Waals surface area contributed by atoms with E-state index in [1.807, 2.05) is 19.1 Å². The Morgan fingerprint density at radius 3 is 2.16 bits per heavy atom. The van der Waals surface area contributed by atoms with Crippen molar-refractivity contribution in [1.29, 1.82) is 0 Å². The van der Waals surface area contributed by atoms with Crippen LogP contribution in [0.25, 0.3) is 5.57 Å². The van der Waals surface area contributed by atoms with E-state index in [1.54, 1.807) is 50.6 Å². The van der Waals surface area contributed by atoms with Gasteiger partial charge in [-0.15, -0.1) is 0 Å². The lowest BCUT2D eigenvalue weighted by molar-refractivity contribution is -0.136. The molecule has 2 aromatic rings. The van der Waals surface area contributed by atoms with Crippen LogP contribution in [0.15, 0.2) is 54.2 Å². The summed E-state index contributed by atoms with van der Waals surface area (Å²) in [5.41, 5.74) is 1.96. The second kappa shape index (κ2) is 10.6. The van der Waals surface area contributed by atoms with Gasteiger partial charge >= 0.3 is 0 Å². The molecular weight excluding hydrogens is 396 g/mol. The summed E-state index contributed by atoms with van der Waals surface area (Å²) >= 11 is 0. The number of ether oxygens (including phenoxy) is 3. The highest BCUT2D eigenvalue weighted by molar-refractivity contribution is 6.36. The lowest BCUT2D eigenvalue weighted by atomic mass is 10.0. The lowest BCUT2D eigenvalue weighted by Crippen LogP contribution is -2.33. The van der Waals surface area contributed by atoms with Crippen molar-refractivity contribution in [3.05, 3.63) is 59.8 Å². The van der Waals surface area contributed by atoms with Crippen LogP contribution in [0.2, 0.25) is 0 Å². The van der Waals surface area contributed by atoms with Gasteiger partial charge in [-0.1, -0.05) is 19.1 Å². The van der Waals surface area contributed by atoms with Crippen LogP contribution in [0.1, 0.15) is 25.3 Å². The van der Waals surface area contributed by atoms with Gasteiger partial charge in [-0.2, -0.15) is 0 Å². The molecule has 0 spiro atoms. The average molecular weight is 424 g/mol. The molecule has 1 aliphatic rings. The van der Waals surface area contributed by atoms with E-state index in [-0.39, 0.29) is 17.5 Å². The second-order valence-corrected chi connectivity index (χ2v) is 7.08. The van der Waals surface area contributed by atoms with E-state index in [9.17, 15) is 9.59 Å². The zero-order chi connectivity index (χ0) is 22.2. The molecule has 0 saturated heterocycles. The highest BCUT2D eigenvalue weighted by atomic mass is 16.5. The topological polar surface area (TPSA) is 77.1 Å². The van der Waals surface area contributed by atoms with E-state index in [1.165, 1.54) is 4.90 Å². The molecule has 2 aromatic carbocycles. The Kier molecular flexibility index (Phi) is 7.67. The standard InChI is InChI=1S/C24H28N2O5/c1-4-15-31-20-10-6-17(7-11-20)21-22(25-18-8-12-19(30-3)13-9-18)24(28)26(23(21)27)14-5-16-29-2/h6-13,25H,4-5,14-16H2,1-3H3. The van der Waals surface area contributed by atoms with Gasteiger partial charge in [-0.3, -0.25) is 14.5 Å². The molecule has 0 saturated carbocycles. The fraction of sp³-hybridized carbons (Fsp3) is 0.333. The maximum atomic E-state index is 13.2. The molecule has 7 nitrogen and oxygen atoms in total. The summed E-state index contributed by atoms with van der Waals surface area (Å²) in [5, 5.41) is 3.14. The average Bonchev–Trinajstić information content (AvgIpc) is 3.03. The first-order chi connectivity index (χ1) is 15.1. The number of methoxy groups -OCH3 is 2. The Morgan fingerprint density at radius 2 is 1.55 bits per heavy atom. The molecule has 1 N–H and O–H groups in total. The number of hydrogen-bond donors (Lipinski definition) is 1. The van der Waals surface area contributed by atoms with Crippen LogP contribution in [-0.4, -0.2) is 50.7 Å². The summed E-state index contributed by atoms with van der Waals surface area (Å²) in [6, 6.07) is 14.4. The SMILES string of the molecule is CCCOc1ccc(C2=C(Nc3ccc(OC)cc3)C(=O)N(CCCOC)C2=O)cc1. The van der Waals surface area contributed by atoms with Crippen LogP contribution in [0.3, 0.4) is 0 Å². The maximum Gasteiger partial charge on any atom is 0.278 e. The highest BCUT2D eigenvalue weighted by Gasteiger charge is 2.38. The number of nitrogens with one attached hydrogen (secondary N) is 1. The zero-order valence-electron chi connectivity index (χ0n) is 18.1. The molecule has 3 rings (SSSR count). The molecule has 31 heavy (non-hydrogen) atoms. The number of amides is 2. The van der Waals surface area contributed by atoms with Crippen LogP contribution in [0, 0.1) is 0 Å². The Hall–Kier alpha value is -3.32. The van der Waals surface area contributed by atoms with Crippen LogP contribution >= 0.6 is 0 Å². The van der Waals surface area contributed by atoms with Gasteiger partial charge in [0.15, 0.2) is 0 Å². The molecule has 0 unspecified atom stereocenters. The fourth-order valence-electron chi connectivity index (χ4n) is 3.29. The maximum absolute atomic E-state index is 13.2. The summed E-state index contributed by atoms with van der Waals surface area (Å²) in [6.07, 6.45) is 1.48. The minimum absolute atomic E-state index is 0.259. The number of benzene rings is 2. The van der Waals surface area contributed by atoms with Crippen LogP contribution in [0.5, 0.6) is 11.5 Å². The van der Waals surface area contributed by atoms with E-state index in [4.69, 9.17) is 14.2 Å². The number of hydrogen-bond acceptors (Lipinski definition) is 6. The minimum Gasteiger partial charge on any atom is -0.497 e. The molecule has 0 fully saturated rings. The molecule has 0 aromatic heterocycles. The summed E-state index contributed by atoms with van der Waals surface area (Å²) in [6.45, 7) is 3.42. The van der Waals surface area contributed by atoms with Crippen molar-refractivity contribution in [1.82, 2.24) is 4.90 Å². The van der Waals surface area contributed by atoms with Crippen molar-refractivity contribution >= 4 is 23.1 Å². The Bertz CT molecular complexity index is 935. The van der Waals surface area contributed by atoms with Crippen molar-refractivity contribution in [2.75, 3.05) is 39.3 Å². The number of rotatable bonds is 11. The van der Waals surface area contributed by atoms with Crippen molar-refractivity contribution in [3.63, 3.8) is 0 Å². The van der Waals surface area contributed by atoms with Gasteiger partial charge in [0.25, 0.3) is 11.8 Å². The quantitative estimate of drug-likeness (QED) is 0.438. The second-order valence-electron chi connectivity index (χ2n) is 7.08. The van der Waals surface area contributed by atoms with Crippen molar-refractivity contribution in [3.8, 4) is 11.5 Å². The molecule has 0 aliphatic carbocycles. The molecule has 0 radical (unpaired) electrons. The summed E-state index contributed by atoms with van der Waals surface area (Å²) in [7, 11) is 3.18. The number of nitrogens with zero attached hydrogens (tertiary/aromatic N) is 1. The molecule has 1 aliphatic heterocycles. The first kappa shape index (κ1) is 22.4. The molecule has 164 valence electrons. The van der Waals surface area contributed by atoms with Gasteiger partial charge in [-0.25, -0.2) is 0 Å². The number of imide groups is 1. The molecule has 1 heterocycles. The van der Waals surface area contributed by atoms with Gasteiger partial charge in [0, 0.05) is 25.9 Å². The number of carbonyl (C=O) groups is 2. The third kappa shape index (κ3) is 5.24. The van der Waals surface area contributed by atoms with E-state index in [2.05, 4.69) is 5.32 Å². The smallest absolute Gasteiger partial charge is 0.278 e. The zero-order valence-corrected chi connectivity index (χ0v) is 18.1. The molecular formula is C24H28N2O5. The predicted molar refractivity (Wildman–Crippen MR) is 119 cm³/mol. The normalized spacial score (nSPS) is 13.7. The molecule has 0 atom stereocenters. The van der Waals surface area contributed by atoms with Gasteiger partial charge in [0.1, 0.15) is 17.2 Å². The van der Waals surface area contributed by atoms with E-state index in [0.29, 0.717) is 48.8 Å². The van der Waals surface area contributed by atoms with Crippen LogP contribution < -0.4 is 14.8 Å². The third-order valence-corrected chi connectivity index (χ3v) is 4.87. The van der Waals surface area contributed by atoms with E-state index in [0.717, 1.165) is 12.2 Å². The molecule has 7 heteroatoms. The van der Waals surface area contributed by atoms with Gasteiger partial charge in [0.05, 0.1) is 19.3 Å². The summed E-state index contributed by atoms with van der Waals surface area (Å²) in [5.74, 6) is 0.764. The predicted octanol–water partition coefficient (Wildman–Crippen LogP) is 3.71. The van der Waals surface area contributed by atoms with Crippen molar-refractivity contribution < 1.29 is 23.8 Å². The van der Waals surface area contributed by atoms with Crippen LogP contribution in [-0.2, 0) is 14.3 Å². The Morgan fingerprint density at radius 1 is 0.871 bits per heavy atom. The van der Waals surface area contributed by atoms with Crippen molar-refractivity contribution in [2.24, 2.45) is 0 Å². The Labute approximate surface area is 182 Å². The minimum atomic E-state index is -0.349. The van der Waals surface area contributed by atoms with Gasteiger partial charge < -0.3 is 19.5 Å². The highest BCUT2D eigenvalue weighted by Crippen LogP contribution is 2.32. The molecule has 2 amide bonds. The summed E-state index contributed by atoms with van der Waals surface area (Å²) in [4.78, 5) is 27.6. The largest absolute Gasteiger partial charge is 0.497 e. The monoisotopic (exact) mass is 424 g/mol. The lowest BCUT2D eigenvalue weighted by Gasteiger charge is -2.15. The Balaban J connectivity index is 1.92.